The summed E-state index contributed by atoms with van der Waals surface area (Å²) in [6.45, 7) is 0. The number of hydrogen-bond acceptors (Lipinski definition) is 6. The third-order valence-corrected chi connectivity index (χ3v) is 3.46. The first-order chi connectivity index (χ1) is 10.2. The Labute approximate surface area is 128 Å². The van der Waals surface area contributed by atoms with Crippen molar-refractivity contribution in [1.29, 1.82) is 0 Å². The fraction of sp³-hybridized carbons (Fsp3) is 0.133. The van der Waals surface area contributed by atoms with Crippen molar-refractivity contribution >= 4 is 35.4 Å². The van der Waals surface area contributed by atoms with Gasteiger partial charge in [0.25, 0.3) is 0 Å². The molecule has 0 unspecified atom stereocenters. The molecule has 0 bridgehead atoms. The van der Waals surface area contributed by atoms with E-state index in [1.165, 1.54) is 0 Å². The summed E-state index contributed by atoms with van der Waals surface area (Å²) >= 11 is 4.28. The highest BCUT2D eigenvalue weighted by Crippen LogP contribution is 2.26. The third-order valence-electron chi connectivity index (χ3n) is 3.23. The Hall–Kier alpha value is -2.34. The molecule has 3 rings (SSSR count). The first-order valence-corrected chi connectivity index (χ1v) is 6.91. The van der Waals surface area contributed by atoms with Gasteiger partial charge in [-0.05, 0) is 18.2 Å². The zero-order valence-corrected chi connectivity index (χ0v) is 12.7. The van der Waals surface area contributed by atoms with Crippen molar-refractivity contribution in [2.45, 2.75) is 0 Å². The predicted molar refractivity (Wildman–Crippen MR) is 89.7 cm³/mol. The van der Waals surface area contributed by atoms with Crippen molar-refractivity contribution in [2.24, 2.45) is 0 Å². The van der Waals surface area contributed by atoms with Crippen molar-refractivity contribution in [2.75, 3.05) is 23.7 Å². The zero-order chi connectivity index (χ0) is 14.8. The van der Waals surface area contributed by atoms with Crippen LogP contribution in [0.2, 0.25) is 0 Å². The Kier molecular flexibility index (Phi) is 3.62. The number of rotatable bonds is 3. The minimum Gasteiger partial charge on any atom is -0.371 e. The van der Waals surface area contributed by atoms with Crippen LogP contribution in [0.4, 0.5) is 11.5 Å². The summed E-state index contributed by atoms with van der Waals surface area (Å²) in [5.74, 6) is 0.728. The lowest BCUT2D eigenvalue weighted by atomic mass is 10.1. The molecular formula is C15H15N5S. The molecular weight excluding hydrogens is 282 g/mol. The standard InChI is InChI=1S/C15H15N5S/c1-16-15-14-13(17-7-8-18-14)9-12(19-15)10-3-5-11(6-4-10)20(2)21/h3-9,21H,1-2H3,(H,16,19). The number of fused-ring (bicyclic) bond motifs is 1. The topological polar surface area (TPSA) is 53.9 Å². The van der Waals surface area contributed by atoms with E-state index >= 15 is 0 Å². The molecule has 0 atom stereocenters. The van der Waals surface area contributed by atoms with Crippen molar-refractivity contribution in [3.63, 3.8) is 0 Å². The molecule has 2 heterocycles. The number of pyridine rings is 1. The fourth-order valence-corrected chi connectivity index (χ4v) is 2.28. The quantitative estimate of drug-likeness (QED) is 0.728. The zero-order valence-electron chi connectivity index (χ0n) is 11.8. The largest absolute Gasteiger partial charge is 0.371 e. The van der Waals surface area contributed by atoms with E-state index in [1.54, 1.807) is 16.7 Å². The molecule has 0 radical (unpaired) electrons. The van der Waals surface area contributed by atoms with Gasteiger partial charge in [0.2, 0.25) is 0 Å². The van der Waals surface area contributed by atoms with Gasteiger partial charge >= 0.3 is 0 Å². The Morgan fingerprint density at radius 3 is 2.48 bits per heavy atom. The van der Waals surface area contributed by atoms with E-state index in [1.807, 2.05) is 44.4 Å². The maximum absolute atomic E-state index is 4.62. The molecule has 0 aliphatic carbocycles. The lowest BCUT2D eigenvalue weighted by molar-refractivity contribution is 1.23. The van der Waals surface area contributed by atoms with Gasteiger partial charge in [-0.1, -0.05) is 24.9 Å². The number of nitrogens with one attached hydrogen (secondary N) is 1. The molecule has 106 valence electrons. The highest BCUT2D eigenvalue weighted by molar-refractivity contribution is 7.81. The molecule has 0 aliphatic heterocycles. The van der Waals surface area contributed by atoms with Gasteiger partial charge in [-0.25, -0.2) is 9.97 Å². The molecule has 0 saturated heterocycles. The molecule has 5 nitrogen and oxygen atoms in total. The highest BCUT2D eigenvalue weighted by Gasteiger charge is 2.08. The second-order valence-corrected chi connectivity index (χ2v) is 5.20. The molecule has 0 aliphatic rings. The summed E-state index contributed by atoms with van der Waals surface area (Å²) < 4.78 is 1.77. The summed E-state index contributed by atoms with van der Waals surface area (Å²) in [6.07, 6.45) is 3.35. The first kappa shape index (κ1) is 13.6. The van der Waals surface area contributed by atoms with Crippen molar-refractivity contribution in [1.82, 2.24) is 15.0 Å². The van der Waals surface area contributed by atoms with E-state index < -0.39 is 0 Å². The van der Waals surface area contributed by atoms with Crippen LogP contribution in [0.3, 0.4) is 0 Å². The molecule has 1 aromatic carbocycles. The number of thiol groups is 1. The molecule has 6 heteroatoms. The number of benzene rings is 1. The number of aromatic nitrogens is 3. The average molecular weight is 297 g/mol. The minimum atomic E-state index is 0.728. The van der Waals surface area contributed by atoms with Gasteiger partial charge in [0.1, 0.15) is 5.52 Å². The van der Waals surface area contributed by atoms with Crippen molar-refractivity contribution in [3.8, 4) is 11.3 Å². The van der Waals surface area contributed by atoms with Crippen LogP contribution in [0.15, 0.2) is 42.7 Å². The van der Waals surface area contributed by atoms with Crippen LogP contribution in [0.25, 0.3) is 22.3 Å². The van der Waals surface area contributed by atoms with Crippen LogP contribution in [-0.2, 0) is 0 Å². The Morgan fingerprint density at radius 2 is 1.81 bits per heavy atom. The summed E-state index contributed by atoms with van der Waals surface area (Å²) in [7, 11) is 3.72. The summed E-state index contributed by atoms with van der Waals surface area (Å²) in [6, 6.07) is 9.99. The summed E-state index contributed by atoms with van der Waals surface area (Å²) in [4.78, 5) is 13.3. The fourth-order valence-electron chi connectivity index (χ4n) is 2.14. The third kappa shape index (κ3) is 2.62. The second kappa shape index (κ2) is 5.57. The predicted octanol–water partition coefficient (Wildman–Crippen LogP) is 3.01. The van der Waals surface area contributed by atoms with Crippen LogP contribution in [-0.4, -0.2) is 29.0 Å². The van der Waals surface area contributed by atoms with Gasteiger partial charge in [0.15, 0.2) is 5.82 Å². The Bertz CT molecular complexity index is 771. The van der Waals surface area contributed by atoms with Crippen LogP contribution in [0.5, 0.6) is 0 Å². The van der Waals surface area contributed by atoms with Crippen molar-refractivity contribution < 1.29 is 0 Å². The Balaban J connectivity index is 2.11. The molecule has 2 aromatic heterocycles. The number of nitrogens with zero attached hydrogens (tertiary/aromatic N) is 4. The van der Waals surface area contributed by atoms with E-state index in [2.05, 4.69) is 33.1 Å². The summed E-state index contributed by atoms with van der Waals surface area (Å²) in [5, 5.41) is 3.08. The lowest BCUT2D eigenvalue weighted by Gasteiger charge is -2.12. The van der Waals surface area contributed by atoms with Gasteiger partial charge in [0.05, 0.1) is 11.2 Å². The van der Waals surface area contributed by atoms with Gasteiger partial charge in [-0.15, -0.1) is 0 Å². The number of hydrogen-bond donors (Lipinski definition) is 2. The second-order valence-electron chi connectivity index (χ2n) is 4.60. The monoisotopic (exact) mass is 297 g/mol. The van der Waals surface area contributed by atoms with E-state index in [0.29, 0.717) is 0 Å². The lowest BCUT2D eigenvalue weighted by Crippen LogP contribution is -2.00. The molecule has 0 amide bonds. The smallest absolute Gasteiger partial charge is 0.154 e. The average Bonchev–Trinajstić information content (AvgIpc) is 2.53. The van der Waals surface area contributed by atoms with Gasteiger partial charge < -0.3 is 9.62 Å². The van der Waals surface area contributed by atoms with E-state index in [0.717, 1.165) is 33.8 Å². The molecule has 0 spiro atoms. The van der Waals surface area contributed by atoms with Gasteiger partial charge in [0, 0.05) is 37.7 Å². The van der Waals surface area contributed by atoms with Crippen LogP contribution in [0, 0.1) is 0 Å². The van der Waals surface area contributed by atoms with Gasteiger partial charge in [-0.2, -0.15) is 0 Å². The molecule has 0 fully saturated rings. The first-order valence-electron chi connectivity index (χ1n) is 6.51. The maximum Gasteiger partial charge on any atom is 0.154 e. The SMILES string of the molecule is CNc1nc(-c2ccc(N(C)S)cc2)cc2nccnc12. The summed E-state index contributed by atoms with van der Waals surface area (Å²) in [5.41, 5.74) is 4.51. The molecule has 1 N–H and O–H groups in total. The maximum atomic E-state index is 4.62. The van der Waals surface area contributed by atoms with Crippen LogP contribution < -0.4 is 9.62 Å². The van der Waals surface area contributed by atoms with E-state index in [9.17, 15) is 0 Å². The molecule has 3 aromatic rings. The highest BCUT2D eigenvalue weighted by atomic mass is 32.1. The van der Waals surface area contributed by atoms with E-state index in [4.69, 9.17) is 0 Å². The normalized spacial score (nSPS) is 10.6. The van der Waals surface area contributed by atoms with E-state index in [-0.39, 0.29) is 0 Å². The van der Waals surface area contributed by atoms with Crippen LogP contribution >= 0.6 is 12.8 Å². The van der Waals surface area contributed by atoms with Gasteiger partial charge in [-0.3, -0.25) is 4.98 Å². The van der Waals surface area contributed by atoms with Crippen molar-refractivity contribution in [3.05, 3.63) is 42.7 Å². The Morgan fingerprint density at radius 1 is 1.10 bits per heavy atom. The number of anilines is 2. The molecule has 21 heavy (non-hydrogen) atoms. The van der Waals surface area contributed by atoms with Crippen LogP contribution in [0.1, 0.15) is 0 Å². The minimum absolute atomic E-state index is 0.728. The molecule has 0 saturated carbocycles.